The van der Waals surface area contributed by atoms with Crippen molar-refractivity contribution < 1.29 is 55.0 Å². The van der Waals surface area contributed by atoms with E-state index in [0.29, 0.717) is 12.7 Å². The van der Waals surface area contributed by atoms with Gasteiger partial charge in [0, 0.05) is 41.7 Å². The van der Waals surface area contributed by atoms with E-state index in [9.17, 15) is 31.1 Å². The van der Waals surface area contributed by atoms with Gasteiger partial charge in [-0.15, -0.1) is 11.3 Å². The summed E-state index contributed by atoms with van der Waals surface area (Å²) >= 11 is 4.87. The molecule has 0 saturated carbocycles. The van der Waals surface area contributed by atoms with E-state index < -0.39 is 35.7 Å². The summed E-state index contributed by atoms with van der Waals surface area (Å²) in [6.07, 6.45) is -3.16. The first-order chi connectivity index (χ1) is 21.7. The zero-order valence-corrected chi connectivity index (χ0v) is 26.8. The zero-order chi connectivity index (χ0) is 33.5. The molecule has 46 heavy (non-hydrogen) atoms. The molecule has 2 bridgehead atoms. The summed E-state index contributed by atoms with van der Waals surface area (Å²) in [4.78, 5) is 24.5. The van der Waals surface area contributed by atoms with Gasteiger partial charge in [0.25, 0.3) is 0 Å². The summed E-state index contributed by atoms with van der Waals surface area (Å²) in [5.41, 5.74) is -0.0997. The first-order valence-electron chi connectivity index (χ1n) is 14.4. The van der Waals surface area contributed by atoms with Crippen LogP contribution < -0.4 is 9.84 Å². The van der Waals surface area contributed by atoms with Gasteiger partial charge in [0.1, 0.15) is 24.1 Å². The fourth-order valence-corrected chi connectivity index (χ4v) is 7.18. The van der Waals surface area contributed by atoms with E-state index in [-0.39, 0.29) is 30.7 Å². The van der Waals surface area contributed by atoms with Crippen LogP contribution in [0.4, 0.5) is 31.1 Å². The third kappa shape index (κ3) is 9.85. The number of rotatable bonds is 10. The summed E-state index contributed by atoms with van der Waals surface area (Å²) in [6, 6.07) is 14.8. The molecule has 0 radical (unpaired) electrons. The number of thiophene rings is 1. The Hall–Kier alpha value is -3.30. The number of piperidine rings is 3. The Morgan fingerprint density at radius 2 is 1.63 bits per heavy atom. The molecule has 3 fully saturated rings. The number of aliphatic carboxylic acids is 1. The number of hydrogen-bond acceptors (Lipinski definition) is 6. The average Bonchev–Trinajstić information content (AvgIpc) is 3.43. The van der Waals surface area contributed by atoms with Gasteiger partial charge in [-0.1, -0.05) is 18.2 Å². The van der Waals surface area contributed by atoms with Crippen LogP contribution in [-0.4, -0.2) is 66.5 Å². The lowest BCUT2D eigenvalue weighted by Crippen LogP contribution is -2.65. The average molecular weight is 738 g/mol. The minimum atomic E-state index is -5.19. The Morgan fingerprint density at radius 3 is 2.24 bits per heavy atom. The van der Waals surface area contributed by atoms with Crippen molar-refractivity contribution >= 4 is 39.3 Å². The molecule has 0 aliphatic carbocycles. The molecule has 2 aromatic carbocycles. The number of carbonyl (C=O) groups is 2. The van der Waals surface area contributed by atoms with Gasteiger partial charge in [0.05, 0.1) is 43.1 Å². The maximum absolute atomic E-state index is 14.5. The molecule has 6 rings (SSSR count). The van der Waals surface area contributed by atoms with Crippen molar-refractivity contribution in [2.75, 3.05) is 32.8 Å². The van der Waals surface area contributed by atoms with Crippen LogP contribution in [0, 0.1) is 23.4 Å². The van der Waals surface area contributed by atoms with E-state index >= 15 is 0 Å². The topological polar surface area (TPSA) is 78.9 Å². The van der Waals surface area contributed by atoms with E-state index in [1.165, 1.54) is 16.2 Å². The summed E-state index contributed by atoms with van der Waals surface area (Å²) in [5, 5.41) is 8.78. The van der Waals surface area contributed by atoms with Gasteiger partial charge in [-0.25, -0.2) is 18.0 Å². The maximum atomic E-state index is 14.5. The quantitative estimate of drug-likeness (QED) is 0.104. The number of nitrogens with zero attached hydrogens (tertiary/aromatic N) is 2. The number of hydrogen-bond donors (Lipinski definition) is 0. The normalized spacial score (nSPS) is 20.4. The van der Waals surface area contributed by atoms with Crippen molar-refractivity contribution in [3.8, 4) is 5.75 Å². The predicted molar refractivity (Wildman–Crippen MR) is 158 cm³/mol. The van der Waals surface area contributed by atoms with Crippen molar-refractivity contribution in [3.63, 3.8) is 0 Å². The van der Waals surface area contributed by atoms with Crippen LogP contribution in [0.5, 0.6) is 5.75 Å². The van der Waals surface area contributed by atoms with E-state index in [1.807, 2.05) is 42.5 Å². The minimum Gasteiger partial charge on any atom is -0.542 e. The molecule has 0 spiro atoms. The fraction of sp³-hybridized carbons (Fsp3) is 0.419. The SMILES string of the molecule is O=C(O[C@H]1C[N+]2(CCCOc3ccccc3)CCC1CC2)N(Cc1ccc(Br)s1)Cc1cc(F)c(F)cc1F.O=C([O-])C(F)(F)F. The number of carboxylic acid groups (broad SMARTS) is 1. The van der Waals surface area contributed by atoms with Crippen molar-refractivity contribution in [1.82, 2.24) is 4.90 Å². The Bertz CT molecular complexity index is 1480. The second-order valence-corrected chi connectivity index (χ2v) is 13.7. The highest BCUT2D eigenvalue weighted by Crippen LogP contribution is 2.36. The second kappa shape index (κ2) is 15.5. The van der Waals surface area contributed by atoms with Crippen LogP contribution in [-0.2, 0) is 22.6 Å². The molecule has 3 saturated heterocycles. The lowest BCUT2D eigenvalue weighted by molar-refractivity contribution is -0.946. The van der Waals surface area contributed by atoms with Gasteiger partial charge in [-0.2, -0.15) is 13.2 Å². The summed E-state index contributed by atoms with van der Waals surface area (Å²) < 4.78 is 87.2. The molecule has 250 valence electrons. The molecule has 3 aliphatic rings. The van der Waals surface area contributed by atoms with Gasteiger partial charge in [-0.3, -0.25) is 4.90 Å². The number of alkyl halides is 3. The molecule has 1 amide bonds. The fourth-order valence-electron chi connectivity index (χ4n) is 5.68. The third-order valence-electron chi connectivity index (χ3n) is 8.00. The Kier molecular flexibility index (Phi) is 12.0. The molecule has 0 N–H and O–H groups in total. The number of ether oxygens (including phenoxy) is 2. The lowest BCUT2D eigenvalue weighted by Gasteiger charge is -2.52. The number of carboxylic acids is 1. The molecule has 0 unspecified atom stereocenters. The minimum absolute atomic E-state index is 0.0997. The molecular formula is C31H31BrF6N2O5S. The second-order valence-electron chi connectivity index (χ2n) is 11.2. The van der Waals surface area contributed by atoms with Crippen molar-refractivity contribution in [2.24, 2.45) is 5.92 Å². The molecule has 15 heteroatoms. The first kappa shape index (κ1) is 35.6. The highest BCUT2D eigenvalue weighted by atomic mass is 79.9. The largest absolute Gasteiger partial charge is 0.542 e. The number of quaternary nitrogens is 1. The summed E-state index contributed by atoms with van der Waals surface area (Å²) in [5.74, 6) is -5.18. The van der Waals surface area contributed by atoms with Gasteiger partial charge >= 0.3 is 12.3 Å². The zero-order valence-electron chi connectivity index (χ0n) is 24.4. The van der Waals surface area contributed by atoms with E-state index in [4.69, 9.17) is 19.4 Å². The number of fused-ring (bicyclic) bond motifs is 3. The molecular weight excluding hydrogens is 706 g/mol. The molecule has 1 aromatic heterocycles. The van der Waals surface area contributed by atoms with Crippen LogP contribution >= 0.6 is 27.3 Å². The van der Waals surface area contributed by atoms with Gasteiger partial charge in [0.15, 0.2) is 17.7 Å². The van der Waals surface area contributed by atoms with Crippen LogP contribution in [0.15, 0.2) is 58.4 Å². The highest BCUT2D eigenvalue weighted by Gasteiger charge is 2.47. The number of carbonyl (C=O) groups excluding carboxylic acids is 2. The monoisotopic (exact) mass is 736 g/mol. The smallest absolute Gasteiger partial charge is 0.430 e. The molecule has 3 aliphatic heterocycles. The Balaban J connectivity index is 0.000000617. The van der Waals surface area contributed by atoms with Crippen molar-refractivity contribution in [1.29, 1.82) is 0 Å². The van der Waals surface area contributed by atoms with Crippen LogP contribution in [0.25, 0.3) is 0 Å². The first-order valence-corrected chi connectivity index (χ1v) is 16.0. The third-order valence-corrected chi connectivity index (χ3v) is 9.61. The standard InChI is InChI=1S/C29H31BrF3N2O3S.C2HF3O2/c30-28-8-7-23(39-28)18-34(17-21-15-25(32)26(33)16-24(21)31)29(36)38-27-19-35(12-9-20(27)10-13-35)11-4-14-37-22-5-2-1-3-6-22;3-2(4,5)1(6)7/h1-3,5-8,15-16,20,27H,4,9-14,17-19H2;(H,6,7)/q+1;/p-1/t20?,27-,35?;/m0./s1. The van der Waals surface area contributed by atoms with E-state index in [0.717, 1.165) is 70.4 Å². The van der Waals surface area contributed by atoms with Crippen LogP contribution in [0.3, 0.4) is 0 Å². The Morgan fingerprint density at radius 1 is 0.978 bits per heavy atom. The molecule has 3 aromatic rings. The number of halogens is 7. The number of para-hydroxylation sites is 1. The molecule has 1 atom stereocenters. The van der Waals surface area contributed by atoms with E-state index in [2.05, 4.69) is 15.9 Å². The van der Waals surface area contributed by atoms with Gasteiger partial charge in [0.2, 0.25) is 0 Å². The number of amides is 1. The number of benzene rings is 2. The predicted octanol–water partition coefficient (Wildman–Crippen LogP) is 6.44. The van der Waals surface area contributed by atoms with Gasteiger partial charge in [-0.05, 0) is 46.3 Å². The van der Waals surface area contributed by atoms with Crippen molar-refractivity contribution in [2.45, 2.75) is 44.6 Å². The van der Waals surface area contributed by atoms with Gasteiger partial charge < -0.3 is 23.9 Å². The summed E-state index contributed by atoms with van der Waals surface area (Å²) in [7, 11) is 0. The highest BCUT2D eigenvalue weighted by molar-refractivity contribution is 9.11. The van der Waals surface area contributed by atoms with Crippen LogP contribution in [0.1, 0.15) is 29.7 Å². The lowest BCUT2D eigenvalue weighted by atomic mass is 9.83. The summed E-state index contributed by atoms with van der Waals surface area (Å²) in [6.45, 7) is 4.35. The molecule has 7 nitrogen and oxygen atoms in total. The van der Waals surface area contributed by atoms with E-state index in [1.54, 1.807) is 0 Å². The van der Waals surface area contributed by atoms with Crippen LogP contribution in [0.2, 0.25) is 0 Å². The Labute approximate surface area is 274 Å². The molecule has 4 heterocycles. The van der Waals surface area contributed by atoms with Crippen molar-refractivity contribution in [3.05, 3.63) is 86.3 Å². The maximum Gasteiger partial charge on any atom is 0.430 e.